The summed E-state index contributed by atoms with van der Waals surface area (Å²) in [5.41, 5.74) is 7.72. The summed E-state index contributed by atoms with van der Waals surface area (Å²) in [5.74, 6) is 0.262. The number of fused-ring (bicyclic) bond motifs is 1. The van der Waals surface area contributed by atoms with E-state index in [9.17, 15) is 9.90 Å². The van der Waals surface area contributed by atoms with Gasteiger partial charge in [-0.1, -0.05) is 42.1 Å². The molecule has 9 heteroatoms. The van der Waals surface area contributed by atoms with Crippen molar-refractivity contribution in [3.8, 4) is 6.01 Å². The number of rotatable bonds is 6. The number of aromatic hydroxyl groups is 1. The number of benzene rings is 1. The molecule has 0 fully saturated rings. The largest absolute Gasteiger partial charge is 0.480 e. The van der Waals surface area contributed by atoms with Gasteiger partial charge in [0.15, 0.2) is 22.1 Å². The summed E-state index contributed by atoms with van der Waals surface area (Å²) in [6.07, 6.45) is 0. The van der Waals surface area contributed by atoms with E-state index in [4.69, 9.17) is 5.73 Å². The molecule has 1 aromatic carbocycles. The van der Waals surface area contributed by atoms with Crippen molar-refractivity contribution in [3.63, 3.8) is 0 Å². The van der Waals surface area contributed by atoms with Crippen molar-refractivity contribution < 1.29 is 9.90 Å². The molecule has 25 heavy (non-hydrogen) atoms. The molecule has 3 aromatic rings. The summed E-state index contributed by atoms with van der Waals surface area (Å²) in [4.78, 5) is 24.2. The van der Waals surface area contributed by atoms with Crippen LogP contribution in [-0.4, -0.2) is 42.8 Å². The van der Waals surface area contributed by atoms with Crippen LogP contribution in [0.1, 0.15) is 12.5 Å². The summed E-state index contributed by atoms with van der Waals surface area (Å²) in [6, 6.07) is 9.48. The van der Waals surface area contributed by atoms with E-state index in [0.29, 0.717) is 29.4 Å². The summed E-state index contributed by atoms with van der Waals surface area (Å²) >= 11 is 1.18. The molecule has 4 N–H and O–H groups in total. The summed E-state index contributed by atoms with van der Waals surface area (Å²) in [5, 5.41) is 13.2. The first-order valence-corrected chi connectivity index (χ1v) is 8.73. The lowest BCUT2D eigenvalue weighted by molar-refractivity contribution is -0.118. The van der Waals surface area contributed by atoms with Gasteiger partial charge in [0.2, 0.25) is 5.91 Å². The fourth-order valence-corrected chi connectivity index (χ4v) is 3.02. The molecule has 0 unspecified atom stereocenters. The van der Waals surface area contributed by atoms with Gasteiger partial charge < -0.3 is 16.2 Å². The van der Waals surface area contributed by atoms with E-state index in [1.807, 2.05) is 37.3 Å². The van der Waals surface area contributed by atoms with Crippen LogP contribution in [0.25, 0.3) is 11.2 Å². The number of carbonyl (C=O) groups excluding carboxylic acids is 1. The number of nitrogens with one attached hydrogen (secondary N) is 1. The molecule has 0 aliphatic rings. The number of imidazole rings is 1. The second-order valence-corrected chi connectivity index (χ2v) is 6.23. The number of nitrogen functional groups attached to an aromatic ring is 1. The van der Waals surface area contributed by atoms with E-state index in [-0.39, 0.29) is 23.5 Å². The quantitative estimate of drug-likeness (QED) is 0.450. The Balaban J connectivity index is 1.92. The highest BCUT2D eigenvalue weighted by Gasteiger charge is 2.17. The highest BCUT2D eigenvalue weighted by molar-refractivity contribution is 7.99. The zero-order chi connectivity index (χ0) is 17.8. The molecule has 2 heterocycles. The molecule has 0 atom stereocenters. The minimum Gasteiger partial charge on any atom is -0.480 e. The van der Waals surface area contributed by atoms with Crippen molar-refractivity contribution in [2.45, 2.75) is 18.6 Å². The number of nitrogens with zero attached hydrogens (tertiary/aromatic N) is 4. The Kier molecular flexibility index (Phi) is 5.03. The number of hydrogen-bond donors (Lipinski definition) is 3. The predicted molar refractivity (Wildman–Crippen MR) is 96.4 cm³/mol. The molecular weight excluding hydrogens is 340 g/mol. The number of hydrogen-bond acceptors (Lipinski definition) is 7. The van der Waals surface area contributed by atoms with Crippen LogP contribution in [0.4, 0.5) is 5.82 Å². The molecule has 1 amide bonds. The van der Waals surface area contributed by atoms with Crippen molar-refractivity contribution in [3.05, 3.63) is 35.9 Å². The molecule has 8 nitrogen and oxygen atoms in total. The van der Waals surface area contributed by atoms with Crippen LogP contribution in [0.5, 0.6) is 6.01 Å². The van der Waals surface area contributed by atoms with Gasteiger partial charge in [-0.3, -0.25) is 9.36 Å². The second kappa shape index (κ2) is 7.39. The van der Waals surface area contributed by atoms with Gasteiger partial charge in [-0.15, -0.1) is 0 Å². The summed E-state index contributed by atoms with van der Waals surface area (Å²) < 4.78 is 1.57. The highest BCUT2D eigenvalue weighted by Crippen LogP contribution is 2.26. The predicted octanol–water partition coefficient (Wildman–Crippen LogP) is 1.39. The molecule has 0 spiro atoms. The lowest BCUT2D eigenvalue weighted by atomic mass is 10.2. The van der Waals surface area contributed by atoms with E-state index < -0.39 is 0 Å². The van der Waals surface area contributed by atoms with Gasteiger partial charge in [-0.2, -0.15) is 4.98 Å². The van der Waals surface area contributed by atoms with E-state index in [0.717, 1.165) is 5.56 Å². The first kappa shape index (κ1) is 17.0. The van der Waals surface area contributed by atoms with Gasteiger partial charge in [-0.25, -0.2) is 9.97 Å². The molecule has 0 bridgehead atoms. The third-order valence-electron chi connectivity index (χ3n) is 3.47. The monoisotopic (exact) mass is 358 g/mol. The topological polar surface area (TPSA) is 119 Å². The van der Waals surface area contributed by atoms with E-state index in [2.05, 4.69) is 20.3 Å². The Morgan fingerprint density at radius 3 is 2.76 bits per heavy atom. The smallest absolute Gasteiger partial charge is 0.296 e. The number of amides is 1. The highest BCUT2D eigenvalue weighted by atomic mass is 32.2. The molecule has 130 valence electrons. The molecule has 0 radical (unpaired) electrons. The van der Waals surface area contributed by atoms with Crippen molar-refractivity contribution in [2.75, 3.05) is 18.0 Å². The maximum Gasteiger partial charge on any atom is 0.296 e. The van der Waals surface area contributed by atoms with Crippen LogP contribution >= 0.6 is 11.8 Å². The summed E-state index contributed by atoms with van der Waals surface area (Å²) in [6.45, 7) is 2.83. The van der Waals surface area contributed by atoms with Crippen molar-refractivity contribution in [2.24, 2.45) is 0 Å². The van der Waals surface area contributed by atoms with E-state index >= 15 is 0 Å². The van der Waals surface area contributed by atoms with Crippen LogP contribution in [0, 0.1) is 0 Å². The zero-order valence-electron chi connectivity index (χ0n) is 13.6. The van der Waals surface area contributed by atoms with Crippen molar-refractivity contribution in [1.29, 1.82) is 0 Å². The van der Waals surface area contributed by atoms with Gasteiger partial charge in [-0.05, 0) is 12.5 Å². The van der Waals surface area contributed by atoms with Crippen molar-refractivity contribution in [1.82, 2.24) is 24.8 Å². The summed E-state index contributed by atoms with van der Waals surface area (Å²) in [7, 11) is 0. The molecule has 0 saturated heterocycles. The number of carbonyl (C=O) groups is 1. The molecule has 0 aliphatic carbocycles. The number of thioether (sulfide) groups is 1. The average Bonchev–Trinajstić information content (AvgIpc) is 2.91. The van der Waals surface area contributed by atoms with Crippen LogP contribution in [0.2, 0.25) is 0 Å². The van der Waals surface area contributed by atoms with E-state index in [1.54, 1.807) is 4.57 Å². The molecule has 3 rings (SSSR count). The Labute approximate surface area is 148 Å². The fourth-order valence-electron chi connectivity index (χ4n) is 2.34. The van der Waals surface area contributed by atoms with Crippen LogP contribution in [0.15, 0.2) is 35.5 Å². The van der Waals surface area contributed by atoms with Crippen LogP contribution in [0.3, 0.4) is 0 Å². The van der Waals surface area contributed by atoms with Gasteiger partial charge in [0.1, 0.15) is 0 Å². The number of aromatic nitrogens is 4. The molecule has 0 saturated carbocycles. The second-order valence-electron chi connectivity index (χ2n) is 5.29. The Hall–Kier alpha value is -2.81. The number of nitrogens with two attached hydrogens (primary N) is 1. The maximum absolute atomic E-state index is 11.6. The molecule has 2 aromatic heterocycles. The van der Waals surface area contributed by atoms with Crippen molar-refractivity contribution >= 4 is 34.7 Å². The minimum atomic E-state index is -0.175. The third-order valence-corrected chi connectivity index (χ3v) is 4.32. The normalized spacial score (nSPS) is 10.9. The van der Waals surface area contributed by atoms with Crippen LogP contribution < -0.4 is 11.1 Å². The third kappa shape index (κ3) is 3.82. The Morgan fingerprint density at radius 2 is 2.04 bits per heavy atom. The molecular formula is C16H18N6O2S. The first-order valence-electron chi connectivity index (χ1n) is 7.74. The zero-order valence-corrected chi connectivity index (χ0v) is 14.5. The average molecular weight is 358 g/mol. The SMILES string of the molecule is CCNC(=O)CSc1nc(N)c2nc(O)n(Cc3ccccc3)c2n1. The van der Waals surface area contributed by atoms with Gasteiger partial charge in [0, 0.05) is 6.54 Å². The maximum atomic E-state index is 11.6. The minimum absolute atomic E-state index is 0.101. The fraction of sp³-hybridized carbons (Fsp3) is 0.250. The lowest BCUT2D eigenvalue weighted by Crippen LogP contribution is -2.24. The van der Waals surface area contributed by atoms with Gasteiger partial charge >= 0.3 is 0 Å². The van der Waals surface area contributed by atoms with Gasteiger partial charge in [0.05, 0.1) is 12.3 Å². The first-order chi connectivity index (χ1) is 12.1. The van der Waals surface area contributed by atoms with Crippen LogP contribution in [-0.2, 0) is 11.3 Å². The molecule has 0 aliphatic heterocycles. The van der Waals surface area contributed by atoms with Gasteiger partial charge in [0.25, 0.3) is 6.01 Å². The van der Waals surface area contributed by atoms with E-state index in [1.165, 1.54) is 11.8 Å². The standard InChI is InChI=1S/C16H18N6O2S/c1-2-18-11(23)9-25-15-20-13(17)12-14(21-15)22(16(24)19-12)8-10-6-4-3-5-7-10/h3-7H,2,8-9H2,1H3,(H,18,23)(H,19,24)(H2,17,20,21). The Bertz CT molecular complexity index is 897. The Morgan fingerprint density at radius 1 is 1.28 bits per heavy atom. The lowest BCUT2D eigenvalue weighted by Gasteiger charge is -2.06. The number of anilines is 1.